The second-order valence-corrected chi connectivity index (χ2v) is 7.43. The van der Waals surface area contributed by atoms with Gasteiger partial charge in [-0.3, -0.25) is 0 Å². The number of para-hydroxylation sites is 1. The summed E-state index contributed by atoms with van der Waals surface area (Å²) in [6.45, 7) is 0. The maximum absolute atomic E-state index is 6.24. The molecule has 0 radical (unpaired) electrons. The van der Waals surface area contributed by atoms with Crippen LogP contribution < -0.4 is 10.1 Å². The van der Waals surface area contributed by atoms with E-state index in [1.54, 1.807) is 19.2 Å². The zero-order chi connectivity index (χ0) is 20.7. The summed E-state index contributed by atoms with van der Waals surface area (Å²) < 4.78 is 7.12. The van der Waals surface area contributed by atoms with E-state index in [1.807, 2.05) is 59.0 Å². The number of hydrogen-bond acceptors (Lipinski definition) is 5. The molecular formula is C22H15Cl2N5O. The maximum Gasteiger partial charge on any atom is 0.215 e. The van der Waals surface area contributed by atoms with Crippen molar-refractivity contribution in [3.8, 4) is 17.1 Å². The van der Waals surface area contributed by atoms with Crippen molar-refractivity contribution in [1.82, 2.24) is 19.6 Å². The summed E-state index contributed by atoms with van der Waals surface area (Å²) in [5.74, 6) is 1.97. The Bertz CT molecular complexity index is 1380. The molecule has 1 N–H and O–H groups in total. The first-order valence-electron chi connectivity index (χ1n) is 9.14. The van der Waals surface area contributed by atoms with Gasteiger partial charge in [-0.1, -0.05) is 35.3 Å². The van der Waals surface area contributed by atoms with Crippen molar-refractivity contribution in [2.75, 3.05) is 12.4 Å². The lowest BCUT2D eigenvalue weighted by Gasteiger charge is -2.12. The predicted octanol–water partition coefficient (Wildman–Crippen LogP) is 6.00. The first-order valence-corrected chi connectivity index (χ1v) is 9.90. The van der Waals surface area contributed by atoms with Gasteiger partial charge in [-0.25, -0.2) is 9.38 Å². The zero-order valence-corrected chi connectivity index (χ0v) is 17.3. The van der Waals surface area contributed by atoms with Crippen molar-refractivity contribution in [2.45, 2.75) is 0 Å². The Labute approximate surface area is 182 Å². The topological polar surface area (TPSA) is 64.3 Å². The molecule has 0 amide bonds. The van der Waals surface area contributed by atoms with Crippen molar-refractivity contribution < 1.29 is 4.74 Å². The van der Waals surface area contributed by atoms with E-state index >= 15 is 0 Å². The third-order valence-electron chi connectivity index (χ3n) is 4.77. The van der Waals surface area contributed by atoms with Crippen LogP contribution >= 0.6 is 23.2 Å². The largest absolute Gasteiger partial charge is 0.497 e. The lowest BCUT2D eigenvalue weighted by Crippen LogP contribution is -2.04. The molecule has 2 heterocycles. The average molecular weight is 436 g/mol. The third kappa shape index (κ3) is 3.20. The fourth-order valence-electron chi connectivity index (χ4n) is 3.29. The second kappa shape index (κ2) is 7.48. The van der Waals surface area contributed by atoms with E-state index in [2.05, 4.69) is 15.5 Å². The number of hydrogen-bond donors (Lipinski definition) is 1. The van der Waals surface area contributed by atoms with Crippen LogP contribution in [0, 0.1) is 0 Å². The quantitative estimate of drug-likeness (QED) is 0.374. The first kappa shape index (κ1) is 18.7. The van der Waals surface area contributed by atoms with Gasteiger partial charge in [0.2, 0.25) is 5.95 Å². The smallest absolute Gasteiger partial charge is 0.215 e. The van der Waals surface area contributed by atoms with Gasteiger partial charge in [0.1, 0.15) is 5.75 Å². The molecule has 5 rings (SSSR count). The number of nitrogens with zero attached hydrogens (tertiary/aromatic N) is 4. The van der Waals surface area contributed by atoms with Gasteiger partial charge in [0.15, 0.2) is 11.5 Å². The third-order valence-corrected chi connectivity index (χ3v) is 5.51. The van der Waals surface area contributed by atoms with Crippen molar-refractivity contribution in [1.29, 1.82) is 0 Å². The number of aromatic nitrogens is 4. The molecule has 0 fully saturated rings. The van der Waals surface area contributed by atoms with E-state index in [4.69, 9.17) is 32.9 Å². The Kier molecular flexibility index (Phi) is 4.65. The Hall–Kier alpha value is -3.35. The van der Waals surface area contributed by atoms with Crippen LogP contribution in [0.4, 0.5) is 11.6 Å². The van der Waals surface area contributed by atoms with Gasteiger partial charge in [0.25, 0.3) is 0 Å². The molecule has 0 aliphatic carbocycles. The van der Waals surface area contributed by atoms with E-state index in [1.165, 1.54) is 0 Å². The normalized spacial score (nSPS) is 11.2. The summed E-state index contributed by atoms with van der Waals surface area (Å²) in [4.78, 5) is 4.82. The second-order valence-electron chi connectivity index (χ2n) is 6.62. The molecule has 0 spiro atoms. The number of methoxy groups -OCH3 is 1. The predicted molar refractivity (Wildman–Crippen MR) is 120 cm³/mol. The zero-order valence-electron chi connectivity index (χ0n) is 15.8. The molecule has 8 heteroatoms. The molecule has 0 saturated carbocycles. The molecule has 0 bridgehead atoms. The lowest BCUT2D eigenvalue weighted by molar-refractivity contribution is 0.415. The number of benzene rings is 3. The molecule has 0 unspecified atom stereocenters. The highest BCUT2D eigenvalue weighted by Crippen LogP contribution is 2.31. The number of fused-ring (bicyclic) bond motifs is 3. The van der Waals surface area contributed by atoms with Crippen LogP contribution in [-0.4, -0.2) is 26.7 Å². The number of ether oxygens (including phenoxy) is 1. The summed E-state index contributed by atoms with van der Waals surface area (Å²) in [5, 5.41) is 14.1. The Morgan fingerprint density at radius 2 is 1.70 bits per heavy atom. The van der Waals surface area contributed by atoms with Crippen LogP contribution in [0.3, 0.4) is 0 Å². The van der Waals surface area contributed by atoms with E-state index in [9.17, 15) is 0 Å². The molecule has 2 aromatic heterocycles. The van der Waals surface area contributed by atoms with Crippen LogP contribution in [0.25, 0.3) is 27.9 Å². The van der Waals surface area contributed by atoms with E-state index < -0.39 is 0 Å². The van der Waals surface area contributed by atoms with Crippen LogP contribution in [0.15, 0.2) is 66.7 Å². The first-order chi connectivity index (χ1) is 14.6. The molecule has 30 heavy (non-hydrogen) atoms. The molecule has 0 atom stereocenters. The SMILES string of the molecule is COc1ccc(Nc2nc3ccccc3c3nnc(-c4ccc(Cl)c(Cl)c4)n23)cc1. The van der Waals surface area contributed by atoms with Crippen molar-refractivity contribution >= 4 is 51.4 Å². The van der Waals surface area contributed by atoms with E-state index in [-0.39, 0.29) is 0 Å². The average Bonchev–Trinajstić information content (AvgIpc) is 3.22. The highest BCUT2D eigenvalue weighted by molar-refractivity contribution is 6.42. The van der Waals surface area contributed by atoms with Gasteiger partial charge in [0, 0.05) is 16.6 Å². The van der Waals surface area contributed by atoms with E-state index in [0.717, 1.165) is 27.9 Å². The molecule has 0 aliphatic rings. The molecule has 6 nitrogen and oxygen atoms in total. The van der Waals surface area contributed by atoms with Crippen LogP contribution in [0.1, 0.15) is 0 Å². The standard InChI is InChI=1S/C22H15Cl2N5O/c1-30-15-9-7-14(8-10-15)25-22-26-19-5-3-2-4-16(19)21-28-27-20(29(21)22)13-6-11-17(23)18(24)12-13/h2-12H,1H3,(H,25,26). The molecule has 5 aromatic rings. The van der Waals surface area contributed by atoms with Gasteiger partial charge >= 0.3 is 0 Å². The van der Waals surface area contributed by atoms with Crippen molar-refractivity contribution in [3.05, 3.63) is 76.8 Å². The number of nitrogens with one attached hydrogen (secondary N) is 1. The maximum atomic E-state index is 6.24. The van der Waals surface area contributed by atoms with Gasteiger partial charge < -0.3 is 10.1 Å². The van der Waals surface area contributed by atoms with Gasteiger partial charge in [0.05, 0.1) is 22.7 Å². The monoisotopic (exact) mass is 435 g/mol. The molecule has 0 saturated heterocycles. The van der Waals surface area contributed by atoms with Gasteiger partial charge in [-0.05, 0) is 54.6 Å². The molecular weight excluding hydrogens is 421 g/mol. The van der Waals surface area contributed by atoms with Crippen LogP contribution in [-0.2, 0) is 0 Å². The summed E-state index contributed by atoms with van der Waals surface area (Å²) in [5.41, 5.74) is 3.15. The van der Waals surface area contributed by atoms with Crippen molar-refractivity contribution in [2.24, 2.45) is 0 Å². The fraction of sp³-hybridized carbons (Fsp3) is 0.0455. The molecule has 148 valence electrons. The van der Waals surface area contributed by atoms with Gasteiger partial charge in [-0.15, -0.1) is 10.2 Å². The highest BCUT2D eigenvalue weighted by atomic mass is 35.5. The van der Waals surface area contributed by atoms with Crippen LogP contribution in [0.2, 0.25) is 10.0 Å². The molecule has 3 aromatic carbocycles. The minimum Gasteiger partial charge on any atom is -0.497 e. The Morgan fingerprint density at radius 1 is 0.900 bits per heavy atom. The number of rotatable bonds is 4. The minimum absolute atomic E-state index is 0.448. The van der Waals surface area contributed by atoms with Crippen molar-refractivity contribution in [3.63, 3.8) is 0 Å². The van der Waals surface area contributed by atoms with E-state index in [0.29, 0.717) is 27.5 Å². The summed E-state index contributed by atoms with van der Waals surface area (Å²) in [6, 6.07) is 20.8. The summed E-state index contributed by atoms with van der Waals surface area (Å²) in [6.07, 6.45) is 0. The fourth-order valence-corrected chi connectivity index (χ4v) is 3.59. The summed E-state index contributed by atoms with van der Waals surface area (Å²) in [7, 11) is 1.64. The minimum atomic E-state index is 0.448. The summed E-state index contributed by atoms with van der Waals surface area (Å²) >= 11 is 12.3. The highest BCUT2D eigenvalue weighted by Gasteiger charge is 2.17. The number of anilines is 2. The molecule has 0 aliphatic heterocycles. The Morgan fingerprint density at radius 3 is 2.47 bits per heavy atom. The Balaban J connectivity index is 1.73. The lowest BCUT2D eigenvalue weighted by atomic mass is 10.2. The number of halogens is 2. The van der Waals surface area contributed by atoms with Gasteiger partial charge in [-0.2, -0.15) is 0 Å². The van der Waals surface area contributed by atoms with Crippen LogP contribution in [0.5, 0.6) is 5.75 Å².